The Labute approximate surface area is 355 Å². The van der Waals surface area contributed by atoms with Gasteiger partial charge in [0.1, 0.15) is 0 Å². The maximum absolute atomic E-state index is 15.6. The van der Waals surface area contributed by atoms with Crippen molar-refractivity contribution in [2.24, 2.45) is 39.4 Å². The van der Waals surface area contributed by atoms with Gasteiger partial charge in [0.05, 0.1) is 28.5 Å². The maximum Gasteiger partial charge on any atom is 0.313 e. The van der Waals surface area contributed by atoms with Crippen LogP contribution in [-0.4, -0.2) is 63.2 Å². The number of hydrogen-bond acceptors (Lipinski definition) is 7. The van der Waals surface area contributed by atoms with E-state index in [-0.39, 0.29) is 35.5 Å². The van der Waals surface area contributed by atoms with Crippen LogP contribution in [0.1, 0.15) is 151 Å². The Morgan fingerprint density at radius 1 is 0.932 bits per heavy atom. The van der Waals surface area contributed by atoms with Gasteiger partial charge < -0.3 is 19.8 Å². The van der Waals surface area contributed by atoms with E-state index in [0.29, 0.717) is 73.8 Å². The van der Waals surface area contributed by atoms with Crippen LogP contribution in [0.15, 0.2) is 60.2 Å². The second-order valence-electron chi connectivity index (χ2n) is 21.5. The number of amides is 1. The average molecular weight is 820 g/mol. The van der Waals surface area contributed by atoms with E-state index in [1.54, 1.807) is 0 Å². The van der Waals surface area contributed by atoms with Gasteiger partial charge in [-0.15, -0.1) is 11.3 Å². The Bertz CT molecular complexity index is 2200. The molecule has 1 aliphatic heterocycles. The number of rotatable bonds is 7. The minimum absolute atomic E-state index is 0.0256. The number of carbonyl (C=O) groups excluding carboxylic acids is 3. The predicted molar refractivity (Wildman–Crippen MR) is 233 cm³/mol. The zero-order chi connectivity index (χ0) is 41.9. The summed E-state index contributed by atoms with van der Waals surface area (Å²) >= 11 is 1.51. The summed E-state index contributed by atoms with van der Waals surface area (Å²) in [5, 5.41) is 25.8. The van der Waals surface area contributed by atoms with Crippen molar-refractivity contribution in [3.05, 3.63) is 81.7 Å². The fourth-order valence-electron chi connectivity index (χ4n) is 13.4. The van der Waals surface area contributed by atoms with Crippen molar-refractivity contribution in [1.82, 2.24) is 4.90 Å². The first-order valence-corrected chi connectivity index (χ1v) is 23.4. The number of esters is 1. The number of carbonyl (C=O) groups is 3. The first-order valence-electron chi connectivity index (χ1n) is 22.6. The third-order valence-corrected chi connectivity index (χ3v) is 19.3. The van der Waals surface area contributed by atoms with Crippen LogP contribution in [0, 0.1) is 39.4 Å². The molecule has 3 aromatic rings. The molecule has 1 saturated heterocycles. The van der Waals surface area contributed by atoms with E-state index in [2.05, 4.69) is 52.0 Å². The number of thiophene rings is 1. The summed E-state index contributed by atoms with van der Waals surface area (Å²) in [6, 6.07) is 16.3. The first-order chi connectivity index (χ1) is 27.8. The van der Waals surface area contributed by atoms with Crippen LogP contribution < -0.4 is 0 Å². The molecule has 11 rings (SSSR count). The van der Waals surface area contributed by atoms with Crippen LogP contribution in [0.3, 0.4) is 0 Å². The molecule has 7 aliphatic carbocycles. The number of allylic oxidation sites excluding steroid dienone is 2. The Morgan fingerprint density at radius 2 is 1.71 bits per heavy atom. The van der Waals surface area contributed by atoms with Crippen LogP contribution in [0.5, 0.6) is 0 Å². The van der Waals surface area contributed by atoms with E-state index in [9.17, 15) is 19.8 Å². The highest BCUT2D eigenvalue weighted by molar-refractivity contribution is 7.21. The monoisotopic (exact) mass is 819 g/mol. The molecule has 2 heterocycles. The number of aliphatic hydroxyl groups excluding tert-OH is 1. The molecule has 2 N–H and O–H groups in total. The smallest absolute Gasteiger partial charge is 0.313 e. The van der Waals surface area contributed by atoms with E-state index in [4.69, 9.17) is 4.74 Å². The van der Waals surface area contributed by atoms with Gasteiger partial charge in [0.2, 0.25) is 5.78 Å². The van der Waals surface area contributed by atoms with E-state index >= 15 is 4.79 Å². The molecule has 6 fully saturated rings. The zero-order valence-corrected chi connectivity index (χ0v) is 37.2. The van der Waals surface area contributed by atoms with Gasteiger partial charge in [-0.3, -0.25) is 14.4 Å². The van der Waals surface area contributed by atoms with Crippen LogP contribution in [0.4, 0.5) is 0 Å². The molecule has 59 heavy (non-hydrogen) atoms. The molecule has 9 unspecified atom stereocenters. The molecule has 0 spiro atoms. The molecule has 8 aliphatic rings. The standard InChI is InChI=1S/C51H65NO6S/c1-31-11-10-21-48(6)39(37-19-15-32(25-36(53)18-14-31)26-38(37)43(54)42-27-33-12-8-9-13-41(33)59-42)20-22-50(48,57)30-52(29-34-16-17-35-28-40(34)46(35,2)3)44(55)51-24-23-49(7,45(56)58-51)47(51,4)5/h8-9,11-13,15,19,26-27,34-36,39-40,53,57H,10,14,16-18,20-25,28-30H2,1-7H3. The predicted octanol–water partition coefficient (Wildman–Crippen LogP) is 10.2. The van der Waals surface area contributed by atoms with Crippen LogP contribution in [0.2, 0.25) is 0 Å². The number of ether oxygens (including phenoxy) is 1. The number of hydrogen-bond donors (Lipinski definition) is 2. The number of benzene rings is 2. The molecular weight excluding hydrogens is 755 g/mol. The van der Waals surface area contributed by atoms with Crippen molar-refractivity contribution in [2.75, 3.05) is 13.1 Å². The Morgan fingerprint density at radius 3 is 2.41 bits per heavy atom. The number of aliphatic hydroxyl groups is 2. The number of ketones is 1. The summed E-state index contributed by atoms with van der Waals surface area (Å²) < 4.78 is 7.35. The van der Waals surface area contributed by atoms with Crippen molar-refractivity contribution in [3.63, 3.8) is 0 Å². The van der Waals surface area contributed by atoms with Crippen molar-refractivity contribution in [3.8, 4) is 0 Å². The Balaban J connectivity index is 1.13. The third-order valence-electron chi connectivity index (χ3n) is 18.2. The molecule has 8 heteroatoms. The second-order valence-corrected chi connectivity index (χ2v) is 22.6. The second kappa shape index (κ2) is 14.1. The van der Waals surface area contributed by atoms with Gasteiger partial charge in [0.15, 0.2) is 5.60 Å². The molecule has 2 aromatic carbocycles. The lowest BCUT2D eigenvalue weighted by atomic mass is 9.45. The van der Waals surface area contributed by atoms with Gasteiger partial charge in [0.25, 0.3) is 5.91 Å². The van der Waals surface area contributed by atoms with E-state index in [0.717, 1.165) is 52.8 Å². The van der Waals surface area contributed by atoms with E-state index in [1.807, 2.05) is 56.0 Å². The van der Waals surface area contributed by atoms with Crippen molar-refractivity contribution in [1.29, 1.82) is 0 Å². The molecule has 7 nitrogen and oxygen atoms in total. The fourth-order valence-corrected chi connectivity index (χ4v) is 14.4. The minimum Gasteiger partial charge on any atom is -0.448 e. The zero-order valence-electron chi connectivity index (χ0n) is 36.4. The molecule has 6 bridgehead atoms. The largest absolute Gasteiger partial charge is 0.448 e. The molecule has 316 valence electrons. The molecule has 0 radical (unpaired) electrons. The van der Waals surface area contributed by atoms with Gasteiger partial charge >= 0.3 is 5.97 Å². The summed E-state index contributed by atoms with van der Waals surface area (Å²) in [6.07, 6.45) is 10.6. The molecule has 1 amide bonds. The quantitative estimate of drug-likeness (QED) is 0.140. The van der Waals surface area contributed by atoms with Crippen molar-refractivity contribution in [2.45, 2.75) is 149 Å². The molecule has 9 atom stereocenters. The Kier molecular flexibility index (Phi) is 9.81. The van der Waals surface area contributed by atoms with Gasteiger partial charge in [-0.2, -0.15) is 0 Å². The molecular formula is C51H65NO6S. The summed E-state index contributed by atoms with van der Waals surface area (Å²) in [4.78, 5) is 46.6. The average Bonchev–Trinajstić information content (AvgIpc) is 3.85. The van der Waals surface area contributed by atoms with E-state index < -0.39 is 33.6 Å². The minimum atomic E-state index is -1.28. The summed E-state index contributed by atoms with van der Waals surface area (Å²) in [7, 11) is 0. The van der Waals surface area contributed by atoms with Gasteiger partial charge in [0, 0.05) is 27.6 Å². The highest BCUT2D eigenvalue weighted by atomic mass is 32.1. The van der Waals surface area contributed by atoms with Gasteiger partial charge in [-0.25, -0.2) is 0 Å². The summed E-state index contributed by atoms with van der Waals surface area (Å²) in [5.74, 6) is 0.915. The number of fused-ring (bicyclic) bond motifs is 13. The Hall–Kier alpha value is -3.33. The third kappa shape index (κ3) is 6.10. The topological polar surface area (TPSA) is 104 Å². The van der Waals surface area contributed by atoms with Gasteiger partial charge in [-0.1, -0.05) is 76.6 Å². The number of nitrogens with zero attached hydrogens (tertiary/aromatic N) is 1. The lowest BCUT2D eigenvalue weighted by Crippen LogP contribution is -2.62. The van der Waals surface area contributed by atoms with Crippen molar-refractivity contribution < 1.29 is 29.3 Å². The molecule has 5 saturated carbocycles. The summed E-state index contributed by atoms with van der Waals surface area (Å²) in [5.41, 5.74) is -0.742. The summed E-state index contributed by atoms with van der Waals surface area (Å²) in [6.45, 7) is 15.8. The van der Waals surface area contributed by atoms with Gasteiger partial charge in [-0.05, 0) is 155 Å². The van der Waals surface area contributed by atoms with Crippen LogP contribution in [-0.2, 0) is 20.7 Å². The van der Waals surface area contributed by atoms with Crippen LogP contribution >= 0.6 is 11.3 Å². The lowest BCUT2D eigenvalue weighted by Gasteiger charge is -2.61. The normalized spacial score (nSPS) is 37.0. The lowest BCUT2D eigenvalue weighted by molar-refractivity contribution is -0.181. The maximum atomic E-state index is 15.6. The highest BCUT2D eigenvalue weighted by Crippen LogP contribution is 2.67. The molecule has 1 aromatic heterocycles. The van der Waals surface area contributed by atoms with Crippen LogP contribution in [0.25, 0.3) is 10.1 Å². The van der Waals surface area contributed by atoms with Crippen molar-refractivity contribution >= 4 is 39.1 Å². The SMILES string of the molecule is CC1=CCCC2(C)C(CCC2(O)CN(CC2CCC3CC2C3(C)C)C(=O)C23CCC(C)(C(=O)O2)C3(C)C)c2ccc(cc2C(=O)c2cc3ccccc3s2)CC(O)CC1. The first kappa shape index (κ1) is 41.0. The fraction of sp³-hybridized carbons (Fsp3) is 0.627. The highest BCUT2D eigenvalue weighted by Gasteiger charge is 2.76. The van der Waals surface area contributed by atoms with E-state index in [1.165, 1.54) is 23.3 Å².